The SMILES string of the molecule is Cc1nc2c(C(N)=O)cnn2c(C)c1CCC(=O)NCc1cccnc1OCC(F)(F)F. The largest absolute Gasteiger partial charge is 0.468 e. The minimum absolute atomic E-state index is 0.0315. The molecule has 3 N–H and O–H groups in total. The molecular weight excluding hydrogens is 429 g/mol. The first-order chi connectivity index (χ1) is 15.1. The second kappa shape index (κ2) is 9.20. The molecule has 0 radical (unpaired) electrons. The summed E-state index contributed by atoms with van der Waals surface area (Å²) < 4.78 is 43.4. The van der Waals surface area contributed by atoms with Gasteiger partial charge in [0.25, 0.3) is 5.91 Å². The van der Waals surface area contributed by atoms with E-state index in [0.29, 0.717) is 23.3 Å². The van der Waals surface area contributed by atoms with E-state index in [1.54, 1.807) is 19.9 Å². The summed E-state index contributed by atoms with van der Waals surface area (Å²) in [6.07, 6.45) is -1.37. The molecule has 0 saturated carbocycles. The van der Waals surface area contributed by atoms with Crippen LogP contribution in [0.4, 0.5) is 13.2 Å². The molecule has 0 aliphatic carbocycles. The Hall–Kier alpha value is -3.70. The van der Waals surface area contributed by atoms with Gasteiger partial charge in [0, 0.05) is 36.1 Å². The number of amides is 2. The molecule has 0 bridgehead atoms. The van der Waals surface area contributed by atoms with Gasteiger partial charge in [-0.25, -0.2) is 14.5 Å². The molecule has 9 nitrogen and oxygen atoms in total. The third-order valence-electron chi connectivity index (χ3n) is 4.77. The van der Waals surface area contributed by atoms with Crippen molar-refractivity contribution in [3.63, 3.8) is 0 Å². The number of fused-ring (bicyclic) bond motifs is 1. The lowest BCUT2D eigenvalue weighted by Gasteiger charge is -2.13. The zero-order valence-electron chi connectivity index (χ0n) is 17.4. The van der Waals surface area contributed by atoms with E-state index in [1.165, 1.54) is 23.0 Å². The lowest BCUT2D eigenvalue weighted by atomic mass is 10.1. The van der Waals surface area contributed by atoms with Crippen molar-refractivity contribution in [1.29, 1.82) is 0 Å². The predicted octanol–water partition coefficient (Wildman–Crippen LogP) is 2.03. The van der Waals surface area contributed by atoms with Crippen LogP contribution in [0.15, 0.2) is 24.5 Å². The van der Waals surface area contributed by atoms with Crippen molar-refractivity contribution in [2.45, 2.75) is 39.4 Å². The molecule has 0 aromatic carbocycles. The molecule has 0 saturated heterocycles. The molecule has 0 aliphatic heterocycles. The molecule has 2 amide bonds. The molecule has 3 aromatic heterocycles. The van der Waals surface area contributed by atoms with Gasteiger partial charge in [-0.3, -0.25) is 9.59 Å². The number of nitrogens with two attached hydrogens (primary N) is 1. The molecule has 170 valence electrons. The number of halogens is 3. The van der Waals surface area contributed by atoms with Crippen molar-refractivity contribution < 1.29 is 27.5 Å². The van der Waals surface area contributed by atoms with Crippen LogP contribution < -0.4 is 15.8 Å². The summed E-state index contributed by atoms with van der Waals surface area (Å²) in [5.74, 6) is -1.13. The van der Waals surface area contributed by atoms with E-state index in [2.05, 4.69) is 20.4 Å². The summed E-state index contributed by atoms with van der Waals surface area (Å²) in [5.41, 5.74) is 8.39. The number of alkyl halides is 3. The summed E-state index contributed by atoms with van der Waals surface area (Å²) in [4.78, 5) is 32.0. The third-order valence-corrected chi connectivity index (χ3v) is 4.77. The maximum atomic E-state index is 12.4. The highest BCUT2D eigenvalue weighted by Crippen LogP contribution is 2.21. The first kappa shape index (κ1) is 23.0. The second-order valence-electron chi connectivity index (χ2n) is 7.07. The Labute approximate surface area is 180 Å². The number of primary amides is 1. The Balaban J connectivity index is 1.64. The number of nitrogens with one attached hydrogen (secondary N) is 1. The number of hydrogen-bond donors (Lipinski definition) is 2. The van der Waals surface area contributed by atoms with Crippen molar-refractivity contribution in [1.82, 2.24) is 24.9 Å². The quantitative estimate of drug-likeness (QED) is 0.541. The fourth-order valence-electron chi connectivity index (χ4n) is 3.21. The van der Waals surface area contributed by atoms with Gasteiger partial charge in [-0.2, -0.15) is 18.3 Å². The minimum atomic E-state index is -4.49. The van der Waals surface area contributed by atoms with Crippen LogP contribution in [0.25, 0.3) is 5.65 Å². The fourth-order valence-corrected chi connectivity index (χ4v) is 3.21. The Morgan fingerprint density at radius 3 is 2.72 bits per heavy atom. The normalized spacial score (nSPS) is 11.5. The lowest BCUT2D eigenvalue weighted by molar-refractivity contribution is -0.154. The highest BCUT2D eigenvalue weighted by molar-refractivity contribution is 5.98. The van der Waals surface area contributed by atoms with E-state index < -0.39 is 18.7 Å². The zero-order chi connectivity index (χ0) is 23.5. The first-order valence-electron chi connectivity index (χ1n) is 9.60. The van der Waals surface area contributed by atoms with E-state index in [9.17, 15) is 22.8 Å². The number of hydrogen-bond acceptors (Lipinski definition) is 6. The molecule has 0 aliphatic rings. The molecule has 12 heteroatoms. The van der Waals surface area contributed by atoms with Crippen LogP contribution in [0.3, 0.4) is 0 Å². The maximum Gasteiger partial charge on any atom is 0.422 e. The summed E-state index contributed by atoms with van der Waals surface area (Å²) in [6, 6.07) is 3.07. The van der Waals surface area contributed by atoms with Crippen LogP contribution in [0.1, 0.15) is 39.3 Å². The van der Waals surface area contributed by atoms with Crippen LogP contribution >= 0.6 is 0 Å². The van der Waals surface area contributed by atoms with Crippen molar-refractivity contribution >= 4 is 17.5 Å². The third kappa shape index (κ3) is 5.31. The molecule has 3 aromatic rings. The zero-order valence-corrected chi connectivity index (χ0v) is 17.4. The Morgan fingerprint density at radius 1 is 1.28 bits per heavy atom. The topological polar surface area (TPSA) is 124 Å². The molecule has 32 heavy (non-hydrogen) atoms. The average Bonchev–Trinajstić information content (AvgIpc) is 3.14. The van der Waals surface area contributed by atoms with E-state index in [1.807, 2.05) is 0 Å². The highest BCUT2D eigenvalue weighted by atomic mass is 19.4. The van der Waals surface area contributed by atoms with E-state index >= 15 is 0 Å². The summed E-state index contributed by atoms with van der Waals surface area (Å²) in [6.45, 7) is 2.06. The number of aromatic nitrogens is 4. The van der Waals surface area contributed by atoms with Crippen molar-refractivity contribution in [2.75, 3.05) is 6.61 Å². The maximum absolute atomic E-state index is 12.4. The number of carbonyl (C=O) groups excluding carboxylic acids is 2. The molecule has 0 fully saturated rings. The van der Waals surface area contributed by atoms with Crippen molar-refractivity contribution in [2.24, 2.45) is 5.73 Å². The van der Waals surface area contributed by atoms with Gasteiger partial charge in [0.1, 0.15) is 5.56 Å². The standard InChI is InChI=1S/C20H21F3N6O3/c1-11-14(12(2)29-18(28-11)15(9-27-29)17(24)31)5-6-16(30)26-8-13-4-3-7-25-19(13)32-10-20(21,22)23/h3-4,7,9H,5-6,8,10H2,1-2H3,(H2,24,31)(H,26,30). The van der Waals surface area contributed by atoms with Gasteiger partial charge >= 0.3 is 6.18 Å². The second-order valence-corrected chi connectivity index (χ2v) is 7.07. The van der Waals surface area contributed by atoms with Crippen LogP contribution in [0, 0.1) is 13.8 Å². The molecule has 3 rings (SSSR count). The highest BCUT2D eigenvalue weighted by Gasteiger charge is 2.29. The van der Waals surface area contributed by atoms with Crippen LogP contribution in [0.2, 0.25) is 0 Å². The molecule has 0 atom stereocenters. The summed E-state index contributed by atoms with van der Waals surface area (Å²) in [7, 11) is 0. The lowest BCUT2D eigenvalue weighted by Crippen LogP contribution is -2.25. The minimum Gasteiger partial charge on any atom is -0.468 e. The van der Waals surface area contributed by atoms with E-state index in [4.69, 9.17) is 10.5 Å². The number of nitrogens with zero attached hydrogens (tertiary/aromatic N) is 4. The van der Waals surface area contributed by atoms with E-state index in [0.717, 1.165) is 11.3 Å². The Kier molecular flexibility index (Phi) is 6.61. The van der Waals surface area contributed by atoms with Crippen LogP contribution in [-0.4, -0.2) is 44.2 Å². The molecule has 0 spiro atoms. The Morgan fingerprint density at radius 2 is 2.03 bits per heavy atom. The van der Waals surface area contributed by atoms with Crippen LogP contribution in [-0.2, 0) is 17.8 Å². The monoisotopic (exact) mass is 450 g/mol. The van der Waals surface area contributed by atoms with Gasteiger partial charge in [-0.15, -0.1) is 0 Å². The van der Waals surface area contributed by atoms with Gasteiger partial charge in [-0.05, 0) is 31.9 Å². The van der Waals surface area contributed by atoms with Crippen LogP contribution in [0.5, 0.6) is 5.88 Å². The molecule has 3 heterocycles. The van der Waals surface area contributed by atoms with Crippen molar-refractivity contribution in [3.8, 4) is 5.88 Å². The number of pyridine rings is 1. The van der Waals surface area contributed by atoms with Gasteiger partial charge in [0.2, 0.25) is 11.8 Å². The fraction of sp³-hybridized carbons (Fsp3) is 0.350. The van der Waals surface area contributed by atoms with Crippen molar-refractivity contribution in [3.05, 3.63) is 52.6 Å². The van der Waals surface area contributed by atoms with Gasteiger partial charge in [0.15, 0.2) is 12.3 Å². The smallest absolute Gasteiger partial charge is 0.422 e. The predicted molar refractivity (Wildman–Crippen MR) is 107 cm³/mol. The molecular formula is C20H21F3N6O3. The number of rotatable bonds is 8. The average molecular weight is 450 g/mol. The van der Waals surface area contributed by atoms with E-state index in [-0.39, 0.29) is 30.3 Å². The number of aryl methyl sites for hydroxylation is 2. The van der Waals surface area contributed by atoms with Gasteiger partial charge in [0.05, 0.1) is 6.20 Å². The summed E-state index contributed by atoms with van der Waals surface area (Å²) >= 11 is 0. The number of carbonyl (C=O) groups is 2. The Bertz CT molecular complexity index is 1160. The summed E-state index contributed by atoms with van der Waals surface area (Å²) in [5, 5.41) is 6.80. The van der Waals surface area contributed by atoms with Gasteiger partial charge < -0.3 is 15.8 Å². The molecule has 0 unspecified atom stereocenters. The van der Waals surface area contributed by atoms with Gasteiger partial charge in [-0.1, -0.05) is 6.07 Å². The number of ether oxygens (including phenoxy) is 1. The first-order valence-corrected chi connectivity index (χ1v) is 9.60.